The van der Waals surface area contributed by atoms with Crippen LogP contribution in [0.4, 0.5) is 5.69 Å². The van der Waals surface area contributed by atoms with Gasteiger partial charge in [-0.3, -0.25) is 4.79 Å². The number of carbonyl (C=O) groups is 1. The molecule has 100 valence electrons. The van der Waals surface area contributed by atoms with Gasteiger partial charge in [-0.05, 0) is 38.5 Å². The number of hydrogen-bond acceptors (Lipinski definition) is 4. The summed E-state index contributed by atoms with van der Waals surface area (Å²) >= 11 is 0. The fraction of sp³-hybridized carbons (Fsp3) is 0.462. The number of anilines is 1. The van der Waals surface area contributed by atoms with E-state index in [0.29, 0.717) is 17.0 Å². The Morgan fingerprint density at radius 3 is 2.61 bits per heavy atom. The number of aliphatic hydroxyl groups is 1. The molecular weight excluding hydrogens is 232 g/mol. The Hall–Kier alpha value is -1.75. The van der Waals surface area contributed by atoms with Gasteiger partial charge in [0.05, 0.1) is 18.4 Å². The van der Waals surface area contributed by atoms with Crippen LogP contribution in [0, 0.1) is 6.92 Å². The van der Waals surface area contributed by atoms with Crippen LogP contribution in [0.5, 0.6) is 5.75 Å². The molecule has 0 aliphatic heterocycles. The number of nitrogens with two attached hydrogens (primary N) is 1. The molecule has 5 heteroatoms. The van der Waals surface area contributed by atoms with Gasteiger partial charge < -0.3 is 20.9 Å². The lowest BCUT2D eigenvalue weighted by Gasteiger charge is -2.18. The number of amides is 1. The molecule has 0 saturated carbocycles. The maximum absolute atomic E-state index is 12.0. The summed E-state index contributed by atoms with van der Waals surface area (Å²) in [6.07, 6.45) is 0. The van der Waals surface area contributed by atoms with Gasteiger partial charge in [0, 0.05) is 12.1 Å². The molecule has 0 unspecified atom stereocenters. The van der Waals surface area contributed by atoms with Crippen LogP contribution in [0.1, 0.15) is 29.8 Å². The SMILES string of the molecule is COc1cc(C(=O)NCC(C)(C)O)c(C)cc1N. The Balaban J connectivity index is 2.92. The summed E-state index contributed by atoms with van der Waals surface area (Å²) in [7, 11) is 1.50. The average molecular weight is 252 g/mol. The smallest absolute Gasteiger partial charge is 0.251 e. The van der Waals surface area contributed by atoms with Crippen molar-refractivity contribution in [3.05, 3.63) is 23.3 Å². The molecule has 1 aromatic carbocycles. The van der Waals surface area contributed by atoms with Crippen molar-refractivity contribution in [2.75, 3.05) is 19.4 Å². The van der Waals surface area contributed by atoms with Gasteiger partial charge in [-0.2, -0.15) is 0 Å². The summed E-state index contributed by atoms with van der Waals surface area (Å²) in [4.78, 5) is 12.0. The van der Waals surface area contributed by atoms with Crippen molar-refractivity contribution in [2.24, 2.45) is 0 Å². The molecular formula is C13H20N2O3. The highest BCUT2D eigenvalue weighted by atomic mass is 16.5. The maximum atomic E-state index is 12.0. The topological polar surface area (TPSA) is 84.6 Å². The second-order valence-electron chi connectivity index (χ2n) is 4.90. The van der Waals surface area contributed by atoms with Crippen molar-refractivity contribution in [3.8, 4) is 5.75 Å². The molecule has 0 saturated heterocycles. The van der Waals surface area contributed by atoms with Gasteiger partial charge in [-0.25, -0.2) is 0 Å². The lowest BCUT2D eigenvalue weighted by Crippen LogP contribution is -2.38. The fourth-order valence-corrected chi connectivity index (χ4v) is 1.52. The first-order valence-corrected chi connectivity index (χ1v) is 5.69. The minimum absolute atomic E-state index is 0.179. The van der Waals surface area contributed by atoms with E-state index in [0.717, 1.165) is 5.56 Å². The zero-order valence-electron chi connectivity index (χ0n) is 11.2. The molecule has 1 rings (SSSR count). The largest absolute Gasteiger partial charge is 0.495 e. The number of rotatable bonds is 4. The van der Waals surface area contributed by atoms with E-state index in [1.54, 1.807) is 32.9 Å². The molecule has 5 nitrogen and oxygen atoms in total. The number of ether oxygens (including phenoxy) is 1. The second kappa shape index (κ2) is 5.27. The molecule has 0 heterocycles. The first kappa shape index (κ1) is 14.3. The third-order valence-electron chi connectivity index (χ3n) is 2.50. The van der Waals surface area contributed by atoms with Gasteiger partial charge in [-0.15, -0.1) is 0 Å². The molecule has 0 aliphatic carbocycles. The quantitative estimate of drug-likeness (QED) is 0.700. The summed E-state index contributed by atoms with van der Waals surface area (Å²) in [5.74, 6) is 0.210. The number of nitrogen functional groups attached to an aromatic ring is 1. The summed E-state index contributed by atoms with van der Waals surface area (Å²) in [5, 5.41) is 12.2. The Kier molecular flexibility index (Phi) is 4.19. The van der Waals surface area contributed by atoms with E-state index in [-0.39, 0.29) is 12.5 Å². The first-order valence-electron chi connectivity index (χ1n) is 5.69. The molecule has 18 heavy (non-hydrogen) atoms. The lowest BCUT2D eigenvalue weighted by atomic mass is 10.1. The second-order valence-corrected chi connectivity index (χ2v) is 4.90. The van der Waals surface area contributed by atoms with Gasteiger partial charge in [0.1, 0.15) is 5.75 Å². The average Bonchev–Trinajstić information content (AvgIpc) is 2.25. The van der Waals surface area contributed by atoms with Crippen molar-refractivity contribution in [2.45, 2.75) is 26.4 Å². The van der Waals surface area contributed by atoms with Crippen LogP contribution in [0.15, 0.2) is 12.1 Å². The predicted molar refractivity (Wildman–Crippen MR) is 70.8 cm³/mol. The normalized spacial score (nSPS) is 11.2. The molecule has 0 fully saturated rings. The highest BCUT2D eigenvalue weighted by molar-refractivity contribution is 5.96. The van der Waals surface area contributed by atoms with E-state index in [4.69, 9.17) is 10.5 Å². The predicted octanol–water partition coefficient (Wildman–Crippen LogP) is 1.09. The molecule has 0 spiro atoms. The summed E-state index contributed by atoms with van der Waals surface area (Å²) < 4.78 is 5.08. The molecule has 0 aliphatic rings. The molecule has 0 atom stereocenters. The molecule has 1 amide bonds. The fourth-order valence-electron chi connectivity index (χ4n) is 1.52. The van der Waals surface area contributed by atoms with Crippen molar-refractivity contribution in [3.63, 3.8) is 0 Å². The Labute approximate surface area is 107 Å². The Morgan fingerprint density at radius 1 is 1.50 bits per heavy atom. The molecule has 0 bridgehead atoms. The van der Waals surface area contributed by atoms with E-state index in [1.807, 2.05) is 0 Å². The lowest BCUT2D eigenvalue weighted by molar-refractivity contribution is 0.0694. The summed E-state index contributed by atoms with van der Waals surface area (Å²) in [5.41, 5.74) is 6.56. The van der Waals surface area contributed by atoms with Crippen LogP contribution in [0.25, 0.3) is 0 Å². The van der Waals surface area contributed by atoms with Gasteiger partial charge in [0.15, 0.2) is 0 Å². The van der Waals surface area contributed by atoms with Crippen molar-refractivity contribution >= 4 is 11.6 Å². The van der Waals surface area contributed by atoms with Crippen LogP contribution in [0.3, 0.4) is 0 Å². The van der Waals surface area contributed by atoms with E-state index in [2.05, 4.69) is 5.32 Å². The monoisotopic (exact) mass is 252 g/mol. The van der Waals surface area contributed by atoms with E-state index < -0.39 is 5.60 Å². The van der Waals surface area contributed by atoms with Crippen molar-refractivity contribution in [1.82, 2.24) is 5.32 Å². The zero-order valence-corrected chi connectivity index (χ0v) is 11.2. The van der Waals surface area contributed by atoms with Gasteiger partial charge in [0.25, 0.3) is 5.91 Å². The minimum Gasteiger partial charge on any atom is -0.495 e. The number of benzene rings is 1. The number of hydrogen-bond donors (Lipinski definition) is 3. The summed E-state index contributed by atoms with van der Waals surface area (Å²) in [6, 6.07) is 3.29. The van der Waals surface area contributed by atoms with Crippen molar-refractivity contribution < 1.29 is 14.6 Å². The van der Waals surface area contributed by atoms with Gasteiger partial charge >= 0.3 is 0 Å². The highest BCUT2D eigenvalue weighted by Gasteiger charge is 2.17. The van der Waals surface area contributed by atoms with E-state index in [1.165, 1.54) is 7.11 Å². The van der Waals surface area contributed by atoms with Crippen LogP contribution in [-0.2, 0) is 0 Å². The first-order chi connectivity index (χ1) is 8.24. The number of methoxy groups -OCH3 is 1. The molecule has 4 N–H and O–H groups in total. The molecule has 1 aromatic rings. The van der Waals surface area contributed by atoms with Crippen molar-refractivity contribution in [1.29, 1.82) is 0 Å². The maximum Gasteiger partial charge on any atom is 0.251 e. The third-order valence-corrected chi connectivity index (χ3v) is 2.50. The van der Waals surface area contributed by atoms with Crippen LogP contribution in [-0.4, -0.2) is 30.3 Å². The standard InChI is InChI=1S/C13H20N2O3/c1-8-5-10(14)11(18-4)6-9(8)12(16)15-7-13(2,3)17/h5-6,17H,7,14H2,1-4H3,(H,15,16). The zero-order chi connectivity index (χ0) is 13.9. The molecule has 0 radical (unpaired) electrons. The number of aryl methyl sites for hydroxylation is 1. The van der Waals surface area contributed by atoms with Crippen LogP contribution < -0.4 is 15.8 Å². The summed E-state index contributed by atoms with van der Waals surface area (Å²) in [6.45, 7) is 5.24. The van der Waals surface area contributed by atoms with Crippen LogP contribution >= 0.6 is 0 Å². The number of nitrogens with one attached hydrogen (secondary N) is 1. The Morgan fingerprint density at radius 2 is 2.11 bits per heavy atom. The minimum atomic E-state index is -0.943. The number of carbonyl (C=O) groups excluding carboxylic acids is 1. The highest BCUT2D eigenvalue weighted by Crippen LogP contribution is 2.25. The molecule has 0 aromatic heterocycles. The van der Waals surface area contributed by atoms with Gasteiger partial charge in [-0.1, -0.05) is 0 Å². The van der Waals surface area contributed by atoms with E-state index >= 15 is 0 Å². The van der Waals surface area contributed by atoms with E-state index in [9.17, 15) is 9.90 Å². The Bertz CT molecular complexity index is 450. The van der Waals surface area contributed by atoms with Gasteiger partial charge in [0.2, 0.25) is 0 Å². The van der Waals surface area contributed by atoms with Crippen LogP contribution in [0.2, 0.25) is 0 Å². The third kappa shape index (κ3) is 3.63.